The highest BCUT2D eigenvalue weighted by Gasteiger charge is 2.10. The average Bonchev–Trinajstić information content (AvgIpc) is 2.91. The number of carboxylic acid groups (broad SMARTS) is 1. The Labute approximate surface area is 246 Å². The lowest BCUT2D eigenvalue weighted by molar-refractivity contribution is -0.124. The van der Waals surface area contributed by atoms with Crippen molar-refractivity contribution >= 4 is 30.0 Å². The molecule has 0 heterocycles. The van der Waals surface area contributed by atoms with E-state index < -0.39 is 0 Å². The summed E-state index contributed by atoms with van der Waals surface area (Å²) in [5.41, 5.74) is 0. The lowest BCUT2D eigenvalue weighted by Crippen LogP contribution is -2.35. The van der Waals surface area contributed by atoms with E-state index in [0.717, 1.165) is 19.2 Å². The molecule has 242 valence electrons. The number of carbonyl (C=O) groups excluding carboxylic acids is 4. The van der Waals surface area contributed by atoms with E-state index in [9.17, 15) is 19.2 Å². The van der Waals surface area contributed by atoms with Gasteiger partial charge in [0.05, 0.1) is 26.1 Å². The van der Waals surface area contributed by atoms with Gasteiger partial charge in [0, 0.05) is 44.4 Å². The van der Waals surface area contributed by atoms with Gasteiger partial charge in [-0.05, 0) is 39.7 Å². The second-order valence-corrected chi connectivity index (χ2v) is 8.68. The summed E-state index contributed by atoms with van der Waals surface area (Å²) in [6.07, 6.45) is 3.78. The maximum Gasteiger partial charge on any atom is 0.290 e. The van der Waals surface area contributed by atoms with Gasteiger partial charge in [0.2, 0.25) is 17.7 Å². The fourth-order valence-electron chi connectivity index (χ4n) is 2.76. The largest absolute Gasteiger partial charge is 0.516 e. The number of hydrogen-bond donors (Lipinski definition) is 6. The molecule has 0 aliphatic carbocycles. The van der Waals surface area contributed by atoms with Gasteiger partial charge in [-0.3, -0.25) is 24.0 Å². The number of aliphatic hydroxyl groups is 1. The van der Waals surface area contributed by atoms with Crippen molar-refractivity contribution in [2.45, 2.75) is 92.2 Å². The van der Waals surface area contributed by atoms with Crippen LogP contribution in [0.2, 0.25) is 0 Å². The monoisotopic (exact) mass is 592 g/mol. The Balaban J connectivity index is -0.000000764. The van der Waals surface area contributed by atoms with E-state index in [1.54, 1.807) is 0 Å². The van der Waals surface area contributed by atoms with Gasteiger partial charge < -0.3 is 41.0 Å². The minimum absolute atomic E-state index is 0.00573. The number of amides is 3. The molecule has 0 saturated carbocycles. The molecule has 41 heavy (non-hydrogen) atoms. The zero-order valence-electron chi connectivity index (χ0n) is 26.0. The van der Waals surface area contributed by atoms with E-state index in [0.29, 0.717) is 71.1 Å². The van der Waals surface area contributed by atoms with Gasteiger partial charge in [0.15, 0.2) is 5.78 Å². The van der Waals surface area contributed by atoms with Gasteiger partial charge in [0.1, 0.15) is 6.61 Å². The van der Waals surface area contributed by atoms with Crippen molar-refractivity contribution in [2.24, 2.45) is 0 Å². The Morgan fingerprint density at radius 3 is 1.85 bits per heavy atom. The van der Waals surface area contributed by atoms with Crippen molar-refractivity contribution in [1.29, 1.82) is 0 Å². The smallest absolute Gasteiger partial charge is 0.290 e. The summed E-state index contributed by atoms with van der Waals surface area (Å²) in [5.74, 6) is -0.206. The van der Waals surface area contributed by atoms with Crippen LogP contribution in [0.3, 0.4) is 0 Å². The molecule has 0 saturated heterocycles. The summed E-state index contributed by atoms with van der Waals surface area (Å²) < 4.78 is 10.4. The van der Waals surface area contributed by atoms with Crippen LogP contribution < -0.4 is 21.3 Å². The number of ether oxygens (including phenoxy) is 2. The third-order valence-corrected chi connectivity index (χ3v) is 4.49. The highest BCUT2D eigenvalue weighted by atomic mass is 16.5. The molecule has 0 aromatic heterocycles. The molecule has 13 nitrogen and oxygen atoms in total. The van der Waals surface area contributed by atoms with E-state index in [1.165, 1.54) is 6.92 Å². The van der Waals surface area contributed by atoms with Gasteiger partial charge in [0.25, 0.3) is 6.47 Å². The molecule has 0 aliphatic rings. The summed E-state index contributed by atoms with van der Waals surface area (Å²) in [6, 6.07) is 0.353. The average molecular weight is 593 g/mol. The quantitative estimate of drug-likeness (QED) is 0.0653. The van der Waals surface area contributed by atoms with E-state index in [1.807, 2.05) is 20.8 Å². The molecule has 3 amide bonds. The Morgan fingerprint density at radius 1 is 0.805 bits per heavy atom. The van der Waals surface area contributed by atoms with E-state index >= 15 is 0 Å². The number of rotatable bonds is 21. The molecule has 13 heteroatoms. The van der Waals surface area contributed by atoms with Gasteiger partial charge in [-0.15, -0.1) is 0 Å². The van der Waals surface area contributed by atoms with Crippen molar-refractivity contribution in [3.63, 3.8) is 0 Å². The topological polar surface area (TPSA) is 192 Å². The Morgan fingerprint density at radius 2 is 1.29 bits per heavy atom. The first-order valence-electron chi connectivity index (χ1n) is 14.1. The van der Waals surface area contributed by atoms with Crippen molar-refractivity contribution in [3.8, 4) is 0 Å². The number of Topliss-reactive ketones (excluding diaryl/α,β-unsaturated/α-hetero) is 1. The van der Waals surface area contributed by atoms with Gasteiger partial charge in [-0.2, -0.15) is 0 Å². The molecule has 0 fully saturated rings. The number of nitrogens with one attached hydrogen (secondary N) is 4. The maximum atomic E-state index is 11.9. The van der Waals surface area contributed by atoms with Crippen LogP contribution in [0.15, 0.2) is 12.8 Å². The fraction of sp³-hybridized carbons (Fsp3) is 0.750. The van der Waals surface area contributed by atoms with E-state index in [-0.39, 0.29) is 42.6 Å². The zero-order valence-corrected chi connectivity index (χ0v) is 26.0. The standard InChI is InChI=1S/C23H44N4O6.C2H4O.C2H6.CH2O2/c1-18(2)24-11-6-8-23(31)27-19(3)9-10-22(30)25-12-5-7-21(29)26-13-14-32-15-16-33-17-20(4)28;1-2-3;1-2;2-1-3/h18-19,24H,5-17H2,1-4H3,(H,25,30)(H,26,29)(H,27,31);2-3H,1H2;1-2H3;1H,(H,2,3). The molecule has 0 aliphatic heterocycles. The van der Waals surface area contributed by atoms with Gasteiger partial charge >= 0.3 is 0 Å². The molecule has 0 aromatic carbocycles. The first-order chi connectivity index (χ1) is 19.5. The summed E-state index contributed by atoms with van der Waals surface area (Å²) in [7, 11) is 0. The van der Waals surface area contributed by atoms with Crippen LogP contribution in [-0.2, 0) is 33.4 Å². The van der Waals surface area contributed by atoms with Crippen LogP contribution in [0.4, 0.5) is 0 Å². The van der Waals surface area contributed by atoms with E-state index in [4.69, 9.17) is 24.5 Å². The molecule has 0 radical (unpaired) electrons. The molecule has 0 bridgehead atoms. The lowest BCUT2D eigenvalue weighted by Gasteiger charge is -2.14. The van der Waals surface area contributed by atoms with Crippen LogP contribution in [-0.4, -0.2) is 98.3 Å². The van der Waals surface area contributed by atoms with Crippen molar-refractivity contribution in [2.75, 3.05) is 46.1 Å². The lowest BCUT2D eigenvalue weighted by atomic mass is 10.1. The van der Waals surface area contributed by atoms with Crippen LogP contribution in [0, 0.1) is 0 Å². The molecule has 1 atom stereocenters. The SMILES string of the molecule is C=CO.CC.CC(=O)COCCOCCNC(=O)CCCNC(=O)CCC(C)NC(=O)CCCNC(C)C.O=CO. The van der Waals surface area contributed by atoms with Gasteiger partial charge in [-0.1, -0.05) is 34.3 Å². The predicted octanol–water partition coefficient (Wildman–Crippen LogP) is 2.10. The van der Waals surface area contributed by atoms with Gasteiger partial charge in [-0.25, -0.2) is 0 Å². The van der Waals surface area contributed by atoms with Crippen LogP contribution in [0.25, 0.3) is 0 Å². The van der Waals surface area contributed by atoms with Crippen molar-refractivity contribution in [1.82, 2.24) is 21.3 Å². The molecule has 0 spiro atoms. The Bertz CT molecular complexity index is 656. The predicted molar refractivity (Wildman–Crippen MR) is 160 cm³/mol. The minimum Gasteiger partial charge on any atom is -0.516 e. The Hall–Kier alpha value is -3.03. The highest BCUT2D eigenvalue weighted by molar-refractivity contribution is 5.78. The van der Waals surface area contributed by atoms with E-state index in [2.05, 4.69) is 41.7 Å². The molecular formula is C28H56N4O9. The maximum absolute atomic E-state index is 11.9. The molecule has 0 aromatic rings. The summed E-state index contributed by atoms with van der Waals surface area (Å²) in [5, 5.41) is 26.0. The fourth-order valence-corrected chi connectivity index (χ4v) is 2.76. The Kier molecular flexibility index (Phi) is 40.6. The molecule has 1 unspecified atom stereocenters. The van der Waals surface area contributed by atoms with Crippen LogP contribution in [0.5, 0.6) is 0 Å². The second kappa shape index (κ2) is 37.0. The van der Waals surface area contributed by atoms with Crippen LogP contribution >= 0.6 is 0 Å². The highest BCUT2D eigenvalue weighted by Crippen LogP contribution is 1.99. The third kappa shape index (κ3) is 47.1. The minimum atomic E-state index is -0.250. The first kappa shape index (κ1) is 45.0. The summed E-state index contributed by atoms with van der Waals surface area (Å²) in [6.45, 7) is 17.0. The summed E-state index contributed by atoms with van der Waals surface area (Å²) in [4.78, 5) is 54.6. The third-order valence-electron chi connectivity index (χ3n) is 4.49. The zero-order chi connectivity index (χ0) is 32.3. The van der Waals surface area contributed by atoms with Crippen LogP contribution in [0.1, 0.15) is 80.1 Å². The normalized spacial score (nSPS) is 10.2. The first-order valence-corrected chi connectivity index (χ1v) is 14.1. The van der Waals surface area contributed by atoms with Crippen molar-refractivity contribution < 1.29 is 43.7 Å². The number of carbonyl (C=O) groups is 5. The number of ketones is 1. The van der Waals surface area contributed by atoms with Crippen molar-refractivity contribution in [3.05, 3.63) is 12.8 Å². The number of hydrogen-bond acceptors (Lipinski definition) is 9. The summed E-state index contributed by atoms with van der Waals surface area (Å²) >= 11 is 0. The second-order valence-electron chi connectivity index (χ2n) is 8.68. The molecular weight excluding hydrogens is 536 g/mol. The molecule has 0 rings (SSSR count). The molecule has 6 N–H and O–H groups in total. The number of aliphatic hydroxyl groups excluding tert-OH is 1.